The molecule has 1 aliphatic rings. The van der Waals surface area contributed by atoms with Crippen LogP contribution in [-0.4, -0.2) is 30.1 Å². The molecule has 136 valence electrons. The van der Waals surface area contributed by atoms with Crippen LogP contribution in [-0.2, 0) is 0 Å². The minimum Gasteiger partial charge on any atom is -0.486 e. The van der Waals surface area contributed by atoms with E-state index in [-0.39, 0.29) is 12.0 Å². The number of pyridine rings is 1. The molecule has 0 bridgehead atoms. The topological polar surface area (TPSA) is 60.5 Å². The average molecular weight is 378 g/mol. The summed E-state index contributed by atoms with van der Waals surface area (Å²) in [7, 11) is 0. The van der Waals surface area contributed by atoms with Gasteiger partial charge in [-0.3, -0.25) is 4.79 Å². The summed E-state index contributed by atoms with van der Waals surface area (Å²) in [4.78, 5) is 18.1. The van der Waals surface area contributed by atoms with Gasteiger partial charge in [-0.25, -0.2) is 4.98 Å². The average Bonchev–Trinajstić information content (AvgIpc) is 2.73. The molecule has 0 fully saturated rings. The molecule has 1 aliphatic heterocycles. The molecule has 0 aliphatic carbocycles. The summed E-state index contributed by atoms with van der Waals surface area (Å²) in [5.74, 6) is 1.25. The second-order valence-electron chi connectivity index (χ2n) is 5.98. The van der Waals surface area contributed by atoms with E-state index >= 15 is 0 Å². The largest absolute Gasteiger partial charge is 0.486 e. The van der Waals surface area contributed by atoms with Crippen LogP contribution in [0.3, 0.4) is 0 Å². The molecule has 27 heavy (non-hydrogen) atoms. The number of rotatable bonds is 5. The number of fused-ring (bicyclic) bond motifs is 1. The van der Waals surface area contributed by atoms with Crippen molar-refractivity contribution in [2.75, 3.05) is 13.2 Å². The summed E-state index contributed by atoms with van der Waals surface area (Å²) in [5, 5.41) is 3.60. The highest BCUT2D eigenvalue weighted by Crippen LogP contribution is 2.31. The van der Waals surface area contributed by atoms with Gasteiger partial charge in [0, 0.05) is 11.1 Å². The first kappa shape index (κ1) is 17.4. The molecule has 0 radical (unpaired) electrons. The standard InChI is InChI=1S/C21H18N2O3S/c24-20(23-13-15-14-25-18-10-4-5-11-19(18)26-15)17-9-6-12-22-21(17)27-16-7-2-1-3-8-16/h1-12,15H,13-14H2,(H,23,24)/t15-/m1/s1. The summed E-state index contributed by atoms with van der Waals surface area (Å²) in [6.07, 6.45) is 1.46. The van der Waals surface area contributed by atoms with E-state index in [0.717, 1.165) is 10.6 Å². The number of hydrogen-bond donors (Lipinski definition) is 1. The highest BCUT2D eigenvalue weighted by Gasteiger charge is 2.22. The lowest BCUT2D eigenvalue weighted by Gasteiger charge is -2.26. The number of para-hydroxylation sites is 2. The lowest BCUT2D eigenvalue weighted by molar-refractivity contribution is 0.0787. The Bertz CT molecular complexity index is 933. The van der Waals surface area contributed by atoms with Crippen molar-refractivity contribution in [1.29, 1.82) is 0 Å². The van der Waals surface area contributed by atoms with Crippen molar-refractivity contribution in [2.45, 2.75) is 16.0 Å². The maximum Gasteiger partial charge on any atom is 0.254 e. The van der Waals surface area contributed by atoms with E-state index < -0.39 is 0 Å². The summed E-state index contributed by atoms with van der Waals surface area (Å²) in [5.41, 5.74) is 0.545. The van der Waals surface area contributed by atoms with Crippen LogP contribution in [0.25, 0.3) is 0 Å². The van der Waals surface area contributed by atoms with Crippen molar-refractivity contribution in [2.24, 2.45) is 0 Å². The minimum atomic E-state index is -0.231. The number of nitrogens with zero attached hydrogens (tertiary/aromatic N) is 1. The molecule has 1 aromatic heterocycles. The molecule has 5 nitrogen and oxygen atoms in total. The SMILES string of the molecule is O=C(NC[C@@H]1COc2ccccc2O1)c1cccnc1Sc1ccccc1. The Hall–Kier alpha value is -2.99. The van der Waals surface area contributed by atoms with Gasteiger partial charge in [0.2, 0.25) is 0 Å². The van der Waals surface area contributed by atoms with E-state index in [1.54, 1.807) is 18.3 Å². The molecular formula is C21H18N2O3S. The molecule has 1 N–H and O–H groups in total. The molecule has 4 rings (SSSR count). The zero-order valence-electron chi connectivity index (χ0n) is 14.5. The van der Waals surface area contributed by atoms with Gasteiger partial charge in [0.25, 0.3) is 5.91 Å². The van der Waals surface area contributed by atoms with Crippen LogP contribution in [0, 0.1) is 0 Å². The zero-order valence-corrected chi connectivity index (χ0v) is 15.3. The van der Waals surface area contributed by atoms with Crippen LogP contribution in [0.4, 0.5) is 0 Å². The molecule has 0 unspecified atom stereocenters. The predicted octanol–water partition coefficient (Wildman–Crippen LogP) is 3.80. The van der Waals surface area contributed by atoms with Gasteiger partial charge in [-0.05, 0) is 36.4 Å². The second-order valence-corrected chi connectivity index (χ2v) is 7.04. The van der Waals surface area contributed by atoms with Crippen LogP contribution >= 0.6 is 11.8 Å². The molecule has 0 saturated carbocycles. The Labute approximate surface area is 161 Å². The van der Waals surface area contributed by atoms with Gasteiger partial charge in [0.1, 0.15) is 17.7 Å². The number of aromatic nitrogens is 1. The lowest BCUT2D eigenvalue weighted by atomic mass is 10.2. The summed E-state index contributed by atoms with van der Waals surface area (Å²) < 4.78 is 11.6. The van der Waals surface area contributed by atoms with Crippen LogP contribution in [0.5, 0.6) is 11.5 Å². The van der Waals surface area contributed by atoms with Crippen molar-refractivity contribution < 1.29 is 14.3 Å². The first-order valence-corrected chi connectivity index (χ1v) is 9.46. The van der Waals surface area contributed by atoms with E-state index in [1.807, 2.05) is 54.6 Å². The van der Waals surface area contributed by atoms with Gasteiger partial charge in [-0.15, -0.1) is 0 Å². The summed E-state index contributed by atoms with van der Waals surface area (Å²) in [6.45, 7) is 0.757. The third kappa shape index (κ3) is 4.23. The van der Waals surface area contributed by atoms with E-state index in [1.165, 1.54) is 11.8 Å². The maximum absolute atomic E-state index is 12.7. The number of carbonyl (C=O) groups excluding carboxylic acids is 1. The molecular weight excluding hydrogens is 360 g/mol. The fraction of sp³-hybridized carbons (Fsp3) is 0.143. The highest BCUT2D eigenvalue weighted by atomic mass is 32.2. The van der Waals surface area contributed by atoms with E-state index in [2.05, 4.69) is 10.3 Å². The normalized spacial score (nSPS) is 15.2. The quantitative estimate of drug-likeness (QED) is 0.732. The first-order valence-electron chi connectivity index (χ1n) is 8.64. The lowest BCUT2D eigenvalue weighted by Crippen LogP contribution is -2.40. The molecule has 0 spiro atoms. The molecule has 1 atom stereocenters. The number of benzene rings is 2. The number of nitrogens with one attached hydrogen (secondary N) is 1. The van der Waals surface area contributed by atoms with Crippen LogP contribution < -0.4 is 14.8 Å². The van der Waals surface area contributed by atoms with E-state index in [9.17, 15) is 4.79 Å². The van der Waals surface area contributed by atoms with Crippen LogP contribution in [0.1, 0.15) is 10.4 Å². The number of carbonyl (C=O) groups is 1. The molecule has 1 amide bonds. The molecule has 3 aromatic rings. The van der Waals surface area contributed by atoms with Crippen LogP contribution in [0.2, 0.25) is 0 Å². The minimum absolute atomic E-state index is 0.177. The zero-order chi connectivity index (χ0) is 18.5. The summed E-state index contributed by atoms with van der Waals surface area (Å²) >= 11 is 1.47. The number of amides is 1. The van der Waals surface area contributed by atoms with Crippen molar-refractivity contribution in [3.63, 3.8) is 0 Å². The van der Waals surface area contributed by atoms with E-state index in [4.69, 9.17) is 9.47 Å². The third-order valence-corrected chi connectivity index (χ3v) is 5.06. The van der Waals surface area contributed by atoms with Crippen LogP contribution in [0.15, 0.2) is 82.8 Å². The monoisotopic (exact) mass is 378 g/mol. The van der Waals surface area contributed by atoms with Crippen molar-refractivity contribution in [3.05, 3.63) is 78.5 Å². The van der Waals surface area contributed by atoms with E-state index in [0.29, 0.717) is 29.5 Å². The second kappa shape index (κ2) is 8.14. The highest BCUT2D eigenvalue weighted by molar-refractivity contribution is 7.99. The fourth-order valence-electron chi connectivity index (χ4n) is 2.71. The Kier molecular flexibility index (Phi) is 5.25. The smallest absolute Gasteiger partial charge is 0.254 e. The van der Waals surface area contributed by atoms with Gasteiger partial charge in [0.15, 0.2) is 11.5 Å². The van der Waals surface area contributed by atoms with Gasteiger partial charge < -0.3 is 14.8 Å². The Morgan fingerprint density at radius 2 is 1.81 bits per heavy atom. The third-order valence-electron chi connectivity index (χ3n) is 4.03. The first-order chi connectivity index (χ1) is 13.3. The van der Waals surface area contributed by atoms with Gasteiger partial charge in [0.05, 0.1) is 12.1 Å². The molecule has 2 heterocycles. The molecule has 2 aromatic carbocycles. The molecule has 6 heteroatoms. The van der Waals surface area contributed by atoms with Crippen molar-refractivity contribution in [3.8, 4) is 11.5 Å². The van der Waals surface area contributed by atoms with Gasteiger partial charge in [-0.2, -0.15) is 0 Å². The van der Waals surface area contributed by atoms with Crippen molar-refractivity contribution >= 4 is 17.7 Å². The Morgan fingerprint density at radius 1 is 1.04 bits per heavy atom. The van der Waals surface area contributed by atoms with Gasteiger partial charge in [-0.1, -0.05) is 42.1 Å². The van der Waals surface area contributed by atoms with Crippen molar-refractivity contribution in [1.82, 2.24) is 10.3 Å². The fourth-order valence-corrected chi connectivity index (χ4v) is 3.61. The van der Waals surface area contributed by atoms with Gasteiger partial charge >= 0.3 is 0 Å². The number of ether oxygens (including phenoxy) is 2. The number of hydrogen-bond acceptors (Lipinski definition) is 5. The Balaban J connectivity index is 1.40. The summed E-state index contributed by atoms with van der Waals surface area (Å²) in [6, 6.07) is 20.9. The maximum atomic E-state index is 12.7. The predicted molar refractivity (Wildman–Crippen MR) is 103 cm³/mol. The Morgan fingerprint density at radius 3 is 2.67 bits per heavy atom. The molecule has 0 saturated heterocycles.